The maximum absolute atomic E-state index is 10.8. The normalized spacial score (nSPS) is 10.3. The maximum atomic E-state index is 10.8. The number of nitrogens with one attached hydrogen (secondary N) is 1. The minimum atomic E-state index is -0.505. The Morgan fingerprint density at radius 1 is 1.56 bits per heavy atom. The zero-order chi connectivity index (χ0) is 13.4. The van der Waals surface area contributed by atoms with E-state index in [0.29, 0.717) is 13.2 Å². The second-order valence-electron chi connectivity index (χ2n) is 3.67. The lowest BCUT2D eigenvalue weighted by Gasteiger charge is -2.06. The first kappa shape index (κ1) is 14.7. The van der Waals surface area contributed by atoms with Crippen LogP contribution in [0, 0.1) is 10.1 Å². The second kappa shape index (κ2) is 7.84. The fraction of sp³-hybridized carbons (Fsp3) is 0.545. The molecule has 1 rings (SSSR count). The highest BCUT2D eigenvalue weighted by Gasteiger charge is 2.15. The number of nitro groups is 1. The Morgan fingerprint density at radius 3 is 3.00 bits per heavy atom. The van der Waals surface area contributed by atoms with E-state index >= 15 is 0 Å². The molecular weight excluding hydrogens is 258 g/mol. The third-order valence-corrected chi connectivity index (χ3v) is 2.34. The molecule has 1 heterocycles. The summed E-state index contributed by atoms with van der Waals surface area (Å²) in [4.78, 5) is 14.2. The van der Waals surface area contributed by atoms with Crippen molar-refractivity contribution >= 4 is 23.1 Å². The van der Waals surface area contributed by atoms with Crippen molar-refractivity contribution < 1.29 is 9.66 Å². The summed E-state index contributed by atoms with van der Waals surface area (Å²) in [6, 6.07) is 1.28. The first-order valence-corrected chi connectivity index (χ1v) is 6.14. The summed E-state index contributed by atoms with van der Waals surface area (Å²) in [6.07, 6.45) is 3.13. The predicted molar refractivity (Wildman–Crippen MR) is 70.1 cm³/mol. The summed E-state index contributed by atoms with van der Waals surface area (Å²) < 4.78 is 5.30. The van der Waals surface area contributed by atoms with Crippen molar-refractivity contribution in [3.63, 3.8) is 0 Å². The molecule has 1 N–H and O–H groups in total. The van der Waals surface area contributed by atoms with Crippen molar-refractivity contribution in [2.24, 2.45) is 0 Å². The molecule has 7 heteroatoms. The van der Waals surface area contributed by atoms with Gasteiger partial charge in [-0.15, -0.1) is 0 Å². The van der Waals surface area contributed by atoms with Crippen LogP contribution in [0.2, 0.25) is 5.02 Å². The number of rotatable bonds is 8. The Hall–Kier alpha value is -1.40. The Kier molecular flexibility index (Phi) is 6.38. The molecule has 18 heavy (non-hydrogen) atoms. The Balaban J connectivity index is 2.44. The van der Waals surface area contributed by atoms with Crippen LogP contribution >= 0.6 is 11.6 Å². The molecule has 0 saturated heterocycles. The van der Waals surface area contributed by atoms with Crippen molar-refractivity contribution in [2.45, 2.75) is 19.8 Å². The smallest absolute Gasteiger partial charge is 0.312 e. The summed E-state index contributed by atoms with van der Waals surface area (Å²) in [5.74, 6) is 0.236. The monoisotopic (exact) mass is 273 g/mol. The van der Waals surface area contributed by atoms with Crippen LogP contribution in [0.5, 0.6) is 0 Å². The average molecular weight is 274 g/mol. The van der Waals surface area contributed by atoms with Crippen LogP contribution in [-0.4, -0.2) is 29.7 Å². The van der Waals surface area contributed by atoms with Gasteiger partial charge in [0.25, 0.3) is 0 Å². The molecule has 1 aromatic heterocycles. The second-order valence-corrected chi connectivity index (χ2v) is 4.11. The fourth-order valence-corrected chi connectivity index (χ4v) is 1.48. The van der Waals surface area contributed by atoms with E-state index in [9.17, 15) is 10.1 Å². The molecule has 0 aliphatic heterocycles. The zero-order valence-electron chi connectivity index (χ0n) is 10.2. The number of aromatic nitrogens is 1. The molecule has 0 fully saturated rings. The van der Waals surface area contributed by atoms with Gasteiger partial charge in [0.1, 0.15) is 0 Å². The predicted octanol–water partition coefficient (Wildman–Crippen LogP) is 2.87. The molecule has 0 bridgehead atoms. The molecule has 6 nitrogen and oxygen atoms in total. The van der Waals surface area contributed by atoms with Gasteiger partial charge in [0, 0.05) is 32.0 Å². The van der Waals surface area contributed by atoms with Crippen LogP contribution in [0.4, 0.5) is 11.5 Å². The number of ether oxygens (including phenoxy) is 1. The fourth-order valence-electron chi connectivity index (χ4n) is 1.33. The van der Waals surface area contributed by atoms with Gasteiger partial charge in [-0.25, -0.2) is 4.98 Å². The molecule has 0 aliphatic rings. The van der Waals surface area contributed by atoms with E-state index in [1.54, 1.807) is 0 Å². The highest BCUT2D eigenvalue weighted by atomic mass is 35.5. The van der Waals surface area contributed by atoms with Gasteiger partial charge >= 0.3 is 5.69 Å². The standard InChI is InChI=1S/C11H16ClN3O3/c1-2-5-18-6-3-4-13-11-10(15(16)17)7-9(12)8-14-11/h7-8H,2-6H2,1H3,(H,13,14). The number of halogens is 1. The van der Waals surface area contributed by atoms with Gasteiger partial charge in [-0.2, -0.15) is 0 Å². The minimum absolute atomic E-state index is 0.114. The van der Waals surface area contributed by atoms with Gasteiger partial charge in [0.05, 0.1) is 9.95 Å². The Bertz CT molecular complexity index is 401. The molecular formula is C11H16ClN3O3. The number of hydrogen-bond donors (Lipinski definition) is 1. The van der Waals surface area contributed by atoms with Gasteiger partial charge in [0.2, 0.25) is 5.82 Å². The van der Waals surface area contributed by atoms with Gasteiger partial charge < -0.3 is 10.1 Å². The summed E-state index contributed by atoms with van der Waals surface area (Å²) in [5.41, 5.74) is -0.114. The van der Waals surface area contributed by atoms with Crippen LogP contribution in [0.3, 0.4) is 0 Å². The average Bonchev–Trinajstić information content (AvgIpc) is 2.35. The van der Waals surface area contributed by atoms with Crippen LogP contribution in [0.25, 0.3) is 0 Å². The lowest BCUT2D eigenvalue weighted by Crippen LogP contribution is -2.09. The lowest BCUT2D eigenvalue weighted by atomic mass is 10.3. The van der Waals surface area contributed by atoms with Crippen LogP contribution in [-0.2, 0) is 4.74 Å². The molecule has 0 amide bonds. The van der Waals surface area contributed by atoms with E-state index in [-0.39, 0.29) is 16.5 Å². The largest absolute Gasteiger partial charge is 0.381 e. The van der Waals surface area contributed by atoms with E-state index in [0.717, 1.165) is 19.4 Å². The van der Waals surface area contributed by atoms with E-state index < -0.39 is 4.92 Å². The van der Waals surface area contributed by atoms with Crippen molar-refractivity contribution in [2.75, 3.05) is 25.1 Å². The molecule has 100 valence electrons. The van der Waals surface area contributed by atoms with Gasteiger partial charge in [-0.1, -0.05) is 18.5 Å². The highest BCUT2D eigenvalue weighted by Crippen LogP contribution is 2.24. The maximum Gasteiger partial charge on any atom is 0.312 e. The van der Waals surface area contributed by atoms with E-state index in [2.05, 4.69) is 10.3 Å². The third kappa shape index (κ3) is 4.85. The number of pyridine rings is 1. The number of hydrogen-bond acceptors (Lipinski definition) is 5. The quantitative estimate of drug-likeness (QED) is 0.448. The van der Waals surface area contributed by atoms with Crippen LogP contribution in [0.15, 0.2) is 12.3 Å². The molecule has 0 aliphatic carbocycles. The Labute approximate surface area is 110 Å². The molecule has 0 aromatic carbocycles. The summed E-state index contributed by atoms with van der Waals surface area (Å²) in [7, 11) is 0. The number of anilines is 1. The zero-order valence-corrected chi connectivity index (χ0v) is 10.9. The molecule has 0 unspecified atom stereocenters. The van der Waals surface area contributed by atoms with Crippen molar-refractivity contribution in [3.05, 3.63) is 27.4 Å². The SMILES string of the molecule is CCCOCCCNc1ncc(Cl)cc1[N+](=O)[O-]. The van der Waals surface area contributed by atoms with E-state index in [4.69, 9.17) is 16.3 Å². The molecule has 1 aromatic rings. The van der Waals surface area contributed by atoms with Crippen LogP contribution < -0.4 is 5.32 Å². The highest BCUT2D eigenvalue weighted by molar-refractivity contribution is 6.30. The summed E-state index contributed by atoms with van der Waals surface area (Å²) in [6.45, 7) is 3.97. The molecule has 0 spiro atoms. The van der Waals surface area contributed by atoms with E-state index in [1.807, 2.05) is 6.92 Å². The Morgan fingerprint density at radius 2 is 2.33 bits per heavy atom. The molecule has 0 radical (unpaired) electrons. The first-order chi connectivity index (χ1) is 8.65. The lowest BCUT2D eigenvalue weighted by molar-refractivity contribution is -0.384. The topological polar surface area (TPSA) is 77.3 Å². The van der Waals surface area contributed by atoms with Crippen molar-refractivity contribution in [3.8, 4) is 0 Å². The summed E-state index contributed by atoms with van der Waals surface area (Å²) >= 11 is 5.66. The molecule has 0 saturated carbocycles. The first-order valence-electron chi connectivity index (χ1n) is 5.76. The van der Waals surface area contributed by atoms with E-state index in [1.165, 1.54) is 12.3 Å². The number of nitrogens with zero attached hydrogens (tertiary/aromatic N) is 2. The third-order valence-electron chi connectivity index (χ3n) is 2.14. The van der Waals surface area contributed by atoms with Gasteiger partial charge in [-0.05, 0) is 12.8 Å². The minimum Gasteiger partial charge on any atom is -0.381 e. The van der Waals surface area contributed by atoms with Gasteiger partial charge in [0.15, 0.2) is 0 Å². The summed E-state index contributed by atoms with van der Waals surface area (Å²) in [5, 5.41) is 13.9. The molecule has 0 atom stereocenters. The van der Waals surface area contributed by atoms with Crippen molar-refractivity contribution in [1.29, 1.82) is 0 Å². The van der Waals surface area contributed by atoms with Gasteiger partial charge in [-0.3, -0.25) is 10.1 Å². The van der Waals surface area contributed by atoms with Crippen molar-refractivity contribution in [1.82, 2.24) is 4.98 Å². The van der Waals surface area contributed by atoms with Crippen LogP contribution in [0.1, 0.15) is 19.8 Å².